The highest BCUT2D eigenvalue weighted by atomic mass is 35.5. The number of rotatable bonds is 5. The Hall–Kier alpha value is -1.49. The molecule has 94 valence electrons. The van der Waals surface area contributed by atoms with Crippen molar-refractivity contribution < 1.29 is 19.1 Å². The summed E-state index contributed by atoms with van der Waals surface area (Å²) >= 11 is 5.64. The van der Waals surface area contributed by atoms with Gasteiger partial charge in [0.05, 0.1) is 17.2 Å². The first-order valence-corrected chi connectivity index (χ1v) is 5.53. The predicted molar refractivity (Wildman–Crippen MR) is 62.1 cm³/mol. The Labute approximate surface area is 104 Å². The number of aliphatic carboxylic acids is 1. The highest BCUT2D eigenvalue weighted by molar-refractivity contribution is 6.32. The van der Waals surface area contributed by atoms with Crippen molar-refractivity contribution in [2.75, 3.05) is 6.54 Å². The summed E-state index contributed by atoms with van der Waals surface area (Å²) in [4.78, 5) is 22.7. The molecule has 0 aliphatic carbocycles. The first-order valence-electron chi connectivity index (χ1n) is 5.15. The summed E-state index contributed by atoms with van der Waals surface area (Å²) in [7, 11) is 0. The lowest BCUT2D eigenvalue weighted by Crippen LogP contribution is -2.40. The lowest BCUT2D eigenvalue weighted by atomic mass is 9.87. The van der Waals surface area contributed by atoms with Gasteiger partial charge in [0.15, 0.2) is 0 Å². The van der Waals surface area contributed by atoms with E-state index in [2.05, 4.69) is 5.32 Å². The molecule has 0 bridgehead atoms. The van der Waals surface area contributed by atoms with E-state index in [-0.39, 0.29) is 17.3 Å². The van der Waals surface area contributed by atoms with Gasteiger partial charge in [0, 0.05) is 6.54 Å². The average Bonchev–Trinajstić information content (AvgIpc) is 2.71. The minimum Gasteiger partial charge on any atom is -0.481 e. The molecule has 0 aromatic carbocycles. The Morgan fingerprint density at radius 2 is 2.24 bits per heavy atom. The molecule has 0 saturated heterocycles. The summed E-state index contributed by atoms with van der Waals surface area (Å²) in [6.45, 7) is 3.37. The average molecular weight is 260 g/mol. The van der Waals surface area contributed by atoms with Gasteiger partial charge in [-0.25, -0.2) is 0 Å². The number of furan rings is 1. The van der Waals surface area contributed by atoms with Gasteiger partial charge in [-0.05, 0) is 31.0 Å². The van der Waals surface area contributed by atoms with Crippen LogP contribution in [-0.2, 0) is 4.79 Å². The van der Waals surface area contributed by atoms with Gasteiger partial charge in [-0.15, -0.1) is 0 Å². The molecule has 1 rings (SSSR count). The molecule has 1 aromatic rings. The summed E-state index contributed by atoms with van der Waals surface area (Å²) < 4.78 is 4.78. The molecule has 1 unspecified atom stereocenters. The maximum atomic E-state index is 11.7. The zero-order valence-corrected chi connectivity index (χ0v) is 10.4. The number of carboxylic acids is 1. The van der Waals surface area contributed by atoms with Crippen molar-refractivity contribution in [2.24, 2.45) is 5.41 Å². The Balaban J connectivity index is 2.66. The van der Waals surface area contributed by atoms with Crippen LogP contribution in [0.5, 0.6) is 0 Å². The zero-order chi connectivity index (χ0) is 13.1. The van der Waals surface area contributed by atoms with E-state index in [4.69, 9.17) is 21.1 Å². The van der Waals surface area contributed by atoms with E-state index in [9.17, 15) is 9.59 Å². The van der Waals surface area contributed by atoms with Crippen LogP contribution in [0.25, 0.3) is 0 Å². The summed E-state index contributed by atoms with van der Waals surface area (Å²) in [6, 6.07) is 1.43. The molecule has 6 heteroatoms. The number of carbonyl (C=O) groups excluding carboxylic acids is 1. The van der Waals surface area contributed by atoms with Crippen molar-refractivity contribution in [1.29, 1.82) is 0 Å². The minimum absolute atomic E-state index is 0.00368. The molecule has 0 fully saturated rings. The van der Waals surface area contributed by atoms with Gasteiger partial charge in [-0.1, -0.05) is 6.92 Å². The third-order valence-corrected chi connectivity index (χ3v) is 3.09. The fourth-order valence-corrected chi connectivity index (χ4v) is 1.38. The number of hydrogen-bond acceptors (Lipinski definition) is 3. The van der Waals surface area contributed by atoms with Crippen LogP contribution in [-0.4, -0.2) is 23.5 Å². The van der Waals surface area contributed by atoms with Crippen molar-refractivity contribution in [3.8, 4) is 0 Å². The topological polar surface area (TPSA) is 79.5 Å². The summed E-state index contributed by atoms with van der Waals surface area (Å²) in [6.07, 6.45) is 1.72. The highest BCUT2D eigenvalue weighted by Crippen LogP contribution is 2.21. The van der Waals surface area contributed by atoms with Crippen LogP contribution in [0.3, 0.4) is 0 Å². The van der Waals surface area contributed by atoms with Gasteiger partial charge in [-0.2, -0.15) is 0 Å². The molecule has 5 nitrogen and oxygen atoms in total. The standard InChI is InChI=1S/C11H14ClNO4/c1-3-11(2,10(15)16)6-13-9(14)7-4-5-17-8(7)12/h4-5H,3,6H2,1-2H3,(H,13,14)(H,15,16). The number of carboxylic acid groups (broad SMARTS) is 1. The predicted octanol–water partition coefficient (Wildman–Crippen LogP) is 2.16. The molecule has 0 aliphatic rings. The Morgan fingerprint density at radius 3 is 2.65 bits per heavy atom. The van der Waals surface area contributed by atoms with Crippen molar-refractivity contribution in [3.05, 3.63) is 23.1 Å². The zero-order valence-electron chi connectivity index (χ0n) is 9.62. The van der Waals surface area contributed by atoms with Crippen LogP contribution in [0, 0.1) is 5.41 Å². The first kappa shape index (κ1) is 13.6. The second-order valence-electron chi connectivity index (χ2n) is 4.01. The van der Waals surface area contributed by atoms with Crippen molar-refractivity contribution in [2.45, 2.75) is 20.3 Å². The fraction of sp³-hybridized carbons (Fsp3) is 0.455. The number of carbonyl (C=O) groups is 2. The van der Waals surface area contributed by atoms with Crippen molar-refractivity contribution >= 4 is 23.5 Å². The normalized spacial score (nSPS) is 14.1. The van der Waals surface area contributed by atoms with Gasteiger partial charge in [0.2, 0.25) is 5.22 Å². The van der Waals surface area contributed by atoms with E-state index in [1.54, 1.807) is 13.8 Å². The van der Waals surface area contributed by atoms with E-state index in [1.807, 2.05) is 0 Å². The van der Waals surface area contributed by atoms with E-state index in [0.717, 1.165) is 0 Å². The molecule has 1 atom stereocenters. The maximum absolute atomic E-state index is 11.7. The van der Waals surface area contributed by atoms with E-state index in [0.29, 0.717) is 6.42 Å². The molecule has 1 aromatic heterocycles. The quantitative estimate of drug-likeness (QED) is 0.849. The monoisotopic (exact) mass is 259 g/mol. The molecular formula is C11H14ClNO4. The molecule has 1 amide bonds. The second-order valence-corrected chi connectivity index (χ2v) is 4.35. The maximum Gasteiger partial charge on any atom is 0.311 e. The lowest BCUT2D eigenvalue weighted by molar-refractivity contribution is -0.147. The van der Waals surface area contributed by atoms with Crippen LogP contribution in [0.2, 0.25) is 5.22 Å². The summed E-state index contributed by atoms with van der Waals surface area (Å²) in [5.41, 5.74) is -0.776. The smallest absolute Gasteiger partial charge is 0.311 e. The second kappa shape index (κ2) is 5.23. The van der Waals surface area contributed by atoms with Crippen LogP contribution in [0.1, 0.15) is 30.6 Å². The largest absolute Gasteiger partial charge is 0.481 e. The molecule has 0 spiro atoms. The van der Waals surface area contributed by atoms with Crippen LogP contribution < -0.4 is 5.32 Å². The Morgan fingerprint density at radius 1 is 1.59 bits per heavy atom. The van der Waals surface area contributed by atoms with Gasteiger partial charge in [0.1, 0.15) is 0 Å². The molecule has 0 radical (unpaired) electrons. The Bertz CT molecular complexity index is 429. The highest BCUT2D eigenvalue weighted by Gasteiger charge is 2.31. The number of nitrogens with one attached hydrogen (secondary N) is 1. The van der Waals surface area contributed by atoms with Crippen LogP contribution in [0.4, 0.5) is 0 Å². The molecule has 0 aliphatic heterocycles. The number of halogens is 1. The molecule has 0 saturated carbocycles. The van der Waals surface area contributed by atoms with Crippen molar-refractivity contribution in [1.82, 2.24) is 5.32 Å². The van der Waals surface area contributed by atoms with Gasteiger partial charge in [-0.3, -0.25) is 9.59 Å². The molecule has 2 N–H and O–H groups in total. The number of hydrogen-bond donors (Lipinski definition) is 2. The van der Waals surface area contributed by atoms with Crippen LogP contribution >= 0.6 is 11.6 Å². The third-order valence-electron chi connectivity index (χ3n) is 2.80. The third kappa shape index (κ3) is 3.00. The molecule has 1 heterocycles. The van der Waals surface area contributed by atoms with Crippen LogP contribution in [0.15, 0.2) is 16.7 Å². The van der Waals surface area contributed by atoms with E-state index in [1.165, 1.54) is 12.3 Å². The minimum atomic E-state index is -0.980. The summed E-state index contributed by atoms with van der Waals surface area (Å²) in [5.74, 6) is -1.39. The lowest BCUT2D eigenvalue weighted by Gasteiger charge is -2.22. The first-order chi connectivity index (χ1) is 7.90. The SMILES string of the molecule is CCC(C)(CNC(=O)c1ccoc1Cl)C(=O)O. The van der Waals surface area contributed by atoms with Gasteiger partial charge >= 0.3 is 5.97 Å². The van der Waals surface area contributed by atoms with E-state index < -0.39 is 17.3 Å². The van der Waals surface area contributed by atoms with Gasteiger partial charge in [0.25, 0.3) is 5.91 Å². The molecular weight excluding hydrogens is 246 g/mol. The Kier molecular flexibility index (Phi) is 4.17. The van der Waals surface area contributed by atoms with Crippen molar-refractivity contribution in [3.63, 3.8) is 0 Å². The summed E-state index contributed by atoms with van der Waals surface area (Å²) in [5, 5.41) is 11.6. The number of amides is 1. The van der Waals surface area contributed by atoms with E-state index >= 15 is 0 Å². The molecule has 17 heavy (non-hydrogen) atoms. The fourth-order valence-electron chi connectivity index (χ4n) is 1.18. The van der Waals surface area contributed by atoms with Gasteiger partial charge < -0.3 is 14.8 Å².